The van der Waals surface area contributed by atoms with Crippen LogP contribution in [0.15, 0.2) is 53.0 Å². The monoisotopic (exact) mass is 319 g/mol. The van der Waals surface area contributed by atoms with Gasteiger partial charge in [-0.3, -0.25) is 0 Å². The SMILES string of the molecule is CC(NC(C)c1ccccc1Br)c1ccc(O)cc1. The van der Waals surface area contributed by atoms with Crippen LogP contribution in [0.1, 0.15) is 37.1 Å². The Kier molecular flexibility index (Phi) is 4.61. The third-order valence-corrected chi connectivity index (χ3v) is 3.99. The van der Waals surface area contributed by atoms with Gasteiger partial charge in [-0.05, 0) is 43.2 Å². The molecule has 0 bridgehead atoms. The molecule has 2 atom stereocenters. The van der Waals surface area contributed by atoms with E-state index in [0.717, 1.165) is 10.0 Å². The van der Waals surface area contributed by atoms with Crippen molar-refractivity contribution in [3.05, 3.63) is 64.1 Å². The third kappa shape index (κ3) is 3.58. The van der Waals surface area contributed by atoms with Gasteiger partial charge in [0.1, 0.15) is 5.75 Å². The van der Waals surface area contributed by atoms with E-state index in [0.29, 0.717) is 5.75 Å². The molecule has 0 aromatic heterocycles. The van der Waals surface area contributed by atoms with Gasteiger partial charge in [0, 0.05) is 16.6 Å². The topological polar surface area (TPSA) is 32.3 Å². The van der Waals surface area contributed by atoms with E-state index < -0.39 is 0 Å². The Morgan fingerprint density at radius 1 is 0.947 bits per heavy atom. The number of phenols is 1. The van der Waals surface area contributed by atoms with Gasteiger partial charge in [0.25, 0.3) is 0 Å². The van der Waals surface area contributed by atoms with Crippen molar-refractivity contribution in [3.8, 4) is 5.75 Å². The Hall–Kier alpha value is -1.32. The van der Waals surface area contributed by atoms with Gasteiger partial charge in [-0.15, -0.1) is 0 Å². The molecule has 3 heteroatoms. The highest BCUT2D eigenvalue weighted by Gasteiger charge is 2.12. The Morgan fingerprint density at radius 2 is 1.58 bits per heavy atom. The van der Waals surface area contributed by atoms with Crippen molar-refractivity contribution in [3.63, 3.8) is 0 Å². The average molecular weight is 320 g/mol. The zero-order chi connectivity index (χ0) is 13.8. The quantitative estimate of drug-likeness (QED) is 0.865. The predicted molar refractivity (Wildman–Crippen MR) is 82.2 cm³/mol. The summed E-state index contributed by atoms with van der Waals surface area (Å²) in [6, 6.07) is 16.0. The van der Waals surface area contributed by atoms with E-state index in [-0.39, 0.29) is 12.1 Å². The van der Waals surface area contributed by atoms with E-state index in [9.17, 15) is 5.11 Å². The lowest BCUT2D eigenvalue weighted by atomic mass is 10.0. The number of phenolic OH excluding ortho intramolecular Hbond substituents is 1. The molecule has 19 heavy (non-hydrogen) atoms. The molecule has 0 aliphatic carbocycles. The molecular formula is C16H18BrNO. The van der Waals surface area contributed by atoms with Crippen LogP contribution in [0.2, 0.25) is 0 Å². The third-order valence-electron chi connectivity index (χ3n) is 3.26. The molecule has 0 amide bonds. The summed E-state index contributed by atoms with van der Waals surface area (Å²) in [6.07, 6.45) is 0. The van der Waals surface area contributed by atoms with Crippen molar-refractivity contribution < 1.29 is 5.11 Å². The van der Waals surface area contributed by atoms with Gasteiger partial charge in [-0.25, -0.2) is 0 Å². The molecule has 0 saturated heterocycles. The van der Waals surface area contributed by atoms with Crippen molar-refractivity contribution in [2.45, 2.75) is 25.9 Å². The summed E-state index contributed by atoms with van der Waals surface area (Å²) in [5.74, 6) is 0.301. The number of nitrogens with one attached hydrogen (secondary N) is 1. The maximum absolute atomic E-state index is 9.31. The number of benzene rings is 2. The summed E-state index contributed by atoms with van der Waals surface area (Å²) >= 11 is 3.58. The molecular weight excluding hydrogens is 302 g/mol. The van der Waals surface area contributed by atoms with Gasteiger partial charge in [0.15, 0.2) is 0 Å². The summed E-state index contributed by atoms with van der Waals surface area (Å²) < 4.78 is 1.12. The molecule has 100 valence electrons. The normalized spacial score (nSPS) is 14.1. The minimum Gasteiger partial charge on any atom is -0.508 e. The van der Waals surface area contributed by atoms with Crippen LogP contribution in [0.5, 0.6) is 5.75 Å². The molecule has 2 N–H and O–H groups in total. The first kappa shape index (κ1) is 14.1. The molecule has 2 nitrogen and oxygen atoms in total. The molecule has 2 rings (SSSR count). The molecule has 0 aliphatic heterocycles. The first-order valence-electron chi connectivity index (χ1n) is 6.37. The Morgan fingerprint density at radius 3 is 2.21 bits per heavy atom. The zero-order valence-corrected chi connectivity index (χ0v) is 12.7. The second kappa shape index (κ2) is 6.22. The lowest BCUT2D eigenvalue weighted by molar-refractivity contribution is 0.472. The highest BCUT2D eigenvalue weighted by atomic mass is 79.9. The summed E-state index contributed by atoms with van der Waals surface area (Å²) in [5.41, 5.74) is 2.41. The lowest BCUT2D eigenvalue weighted by Gasteiger charge is -2.21. The van der Waals surface area contributed by atoms with Crippen LogP contribution in [-0.4, -0.2) is 5.11 Å². The van der Waals surface area contributed by atoms with E-state index in [1.807, 2.05) is 24.3 Å². The average Bonchev–Trinajstić information content (AvgIpc) is 2.39. The minimum atomic E-state index is 0.225. The van der Waals surface area contributed by atoms with Crippen LogP contribution in [0.25, 0.3) is 0 Å². The van der Waals surface area contributed by atoms with Crippen molar-refractivity contribution in [2.24, 2.45) is 0 Å². The number of rotatable bonds is 4. The molecule has 0 heterocycles. The number of hydrogen-bond acceptors (Lipinski definition) is 2. The number of halogens is 1. The van der Waals surface area contributed by atoms with Gasteiger partial charge in [-0.2, -0.15) is 0 Å². The Bertz CT molecular complexity index is 539. The van der Waals surface area contributed by atoms with E-state index in [1.165, 1.54) is 5.56 Å². The van der Waals surface area contributed by atoms with Gasteiger partial charge >= 0.3 is 0 Å². The molecule has 0 spiro atoms. The summed E-state index contributed by atoms with van der Waals surface area (Å²) in [7, 11) is 0. The first-order chi connectivity index (χ1) is 9.08. The number of aromatic hydroxyl groups is 1. The fraction of sp³-hybridized carbons (Fsp3) is 0.250. The molecule has 0 aliphatic rings. The molecule has 0 saturated carbocycles. The van der Waals surface area contributed by atoms with Crippen molar-refractivity contribution in [2.75, 3.05) is 0 Å². The zero-order valence-electron chi connectivity index (χ0n) is 11.1. The first-order valence-corrected chi connectivity index (χ1v) is 7.16. The van der Waals surface area contributed by atoms with Crippen LogP contribution in [0.3, 0.4) is 0 Å². The van der Waals surface area contributed by atoms with Crippen molar-refractivity contribution >= 4 is 15.9 Å². The maximum atomic E-state index is 9.31. The van der Waals surface area contributed by atoms with Gasteiger partial charge < -0.3 is 10.4 Å². The largest absolute Gasteiger partial charge is 0.508 e. The van der Waals surface area contributed by atoms with Crippen LogP contribution < -0.4 is 5.32 Å². The molecule has 0 radical (unpaired) electrons. The Labute approximate surface area is 122 Å². The van der Waals surface area contributed by atoms with Crippen LogP contribution in [0, 0.1) is 0 Å². The van der Waals surface area contributed by atoms with Crippen molar-refractivity contribution in [1.82, 2.24) is 5.32 Å². The Balaban J connectivity index is 2.08. The second-order valence-corrected chi connectivity index (χ2v) is 5.58. The molecule has 0 fully saturated rings. The fourth-order valence-corrected chi connectivity index (χ4v) is 2.78. The summed E-state index contributed by atoms with van der Waals surface area (Å²) in [6.45, 7) is 4.27. The van der Waals surface area contributed by atoms with E-state index >= 15 is 0 Å². The van der Waals surface area contributed by atoms with Crippen LogP contribution in [0.4, 0.5) is 0 Å². The molecule has 2 aromatic rings. The van der Waals surface area contributed by atoms with Crippen molar-refractivity contribution in [1.29, 1.82) is 0 Å². The lowest BCUT2D eigenvalue weighted by Crippen LogP contribution is -2.22. The minimum absolute atomic E-state index is 0.225. The smallest absolute Gasteiger partial charge is 0.115 e. The highest BCUT2D eigenvalue weighted by molar-refractivity contribution is 9.10. The summed E-state index contributed by atoms with van der Waals surface area (Å²) in [5, 5.41) is 12.9. The standard InChI is InChI=1S/C16H18BrNO/c1-11(13-7-9-14(19)10-8-13)18-12(2)15-5-3-4-6-16(15)17/h3-12,18-19H,1-2H3. The van der Waals surface area contributed by atoms with E-state index in [1.54, 1.807) is 12.1 Å². The van der Waals surface area contributed by atoms with Gasteiger partial charge in [-0.1, -0.05) is 46.3 Å². The highest BCUT2D eigenvalue weighted by Crippen LogP contribution is 2.25. The summed E-state index contributed by atoms with van der Waals surface area (Å²) in [4.78, 5) is 0. The fourth-order valence-electron chi connectivity index (χ4n) is 2.15. The second-order valence-electron chi connectivity index (χ2n) is 4.72. The maximum Gasteiger partial charge on any atom is 0.115 e. The molecule has 2 aromatic carbocycles. The van der Waals surface area contributed by atoms with Gasteiger partial charge in [0.2, 0.25) is 0 Å². The van der Waals surface area contributed by atoms with Gasteiger partial charge in [0.05, 0.1) is 0 Å². The predicted octanol–water partition coefficient (Wildman–Crippen LogP) is 4.57. The molecule has 2 unspecified atom stereocenters. The number of hydrogen-bond donors (Lipinski definition) is 2. The van der Waals surface area contributed by atoms with Crippen LogP contribution in [-0.2, 0) is 0 Å². The van der Waals surface area contributed by atoms with E-state index in [2.05, 4.69) is 47.2 Å². The van der Waals surface area contributed by atoms with Crippen LogP contribution >= 0.6 is 15.9 Å². The van der Waals surface area contributed by atoms with E-state index in [4.69, 9.17) is 0 Å².